The van der Waals surface area contributed by atoms with Crippen molar-refractivity contribution in [3.05, 3.63) is 45.7 Å². The number of hydrogen-bond acceptors (Lipinski definition) is 3. The van der Waals surface area contributed by atoms with Crippen LogP contribution in [0.5, 0.6) is 0 Å². The lowest BCUT2D eigenvalue weighted by Crippen LogP contribution is -2.17. The fraction of sp³-hybridized carbons (Fsp3) is 0.231. The molecule has 0 saturated carbocycles. The van der Waals surface area contributed by atoms with Gasteiger partial charge in [0.25, 0.3) is 0 Å². The van der Waals surface area contributed by atoms with E-state index < -0.39 is 0 Å². The van der Waals surface area contributed by atoms with Crippen LogP contribution in [-0.2, 0) is 6.42 Å². The molecule has 1 heterocycles. The second-order valence-corrected chi connectivity index (χ2v) is 7.14. The maximum absolute atomic E-state index is 5.82. The molecule has 0 aliphatic carbocycles. The highest BCUT2D eigenvalue weighted by atomic mass is 79.9. The van der Waals surface area contributed by atoms with Crippen LogP contribution in [0.2, 0.25) is 0 Å². The number of halogens is 1. The van der Waals surface area contributed by atoms with E-state index in [1.54, 1.807) is 23.1 Å². The molecule has 0 saturated heterocycles. The standard InChI is InChI=1S/C13H14BrNS2/c1-9(15)7-10-4-5-11(8-12(10)14)17-13-3-2-6-16-13/h2-6,8-9H,7,15H2,1H3. The second-order valence-electron chi connectivity index (χ2n) is 3.97. The van der Waals surface area contributed by atoms with Crippen LogP contribution in [0, 0.1) is 0 Å². The Balaban J connectivity index is 2.13. The SMILES string of the molecule is CC(N)Cc1ccc(Sc2cccs2)cc1Br. The van der Waals surface area contributed by atoms with Gasteiger partial charge in [-0.15, -0.1) is 11.3 Å². The Hall–Kier alpha value is -0.290. The molecule has 0 radical (unpaired) electrons. The minimum Gasteiger partial charge on any atom is -0.328 e. The number of nitrogens with two attached hydrogens (primary N) is 1. The lowest BCUT2D eigenvalue weighted by atomic mass is 10.1. The van der Waals surface area contributed by atoms with Gasteiger partial charge in [-0.2, -0.15) is 0 Å². The molecule has 0 spiro atoms. The molecule has 4 heteroatoms. The van der Waals surface area contributed by atoms with Gasteiger partial charge >= 0.3 is 0 Å². The average Bonchev–Trinajstić information content (AvgIpc) is 2.74. The predicted molar refractivity (Wildman–Crippen MR) is 79.9 cm³/mol. The molecule has 0 amide bonds. The molecule has 0 aliphatic rings. The summed E-state index contributed by atoms with van der Waals surface area (Å²) < 4.78 is 2.47. The zero-order chi connectivity index (χ0) is 12.3. The van der Waals surface area contributed by atoms with Crippen LogP contribution in [0.1, 0.15) is 12.5 Å². The number of rotatable bonds is 4. The molecular weight excluding hydrogens is 314 g/mol. The Bertz CT molecular complexity index is 480. The maximum Gasteiger partial charge on any atom is 0.0646 e. The van der Waals surface area contributed by atoms with Gasteiger partial charge in [-0.05, 0) is 42.5 Å². The summed E-state index contributed by atoms with van der Waals surface area (Å²) in [5.41, 5.74) is 7.09. The highest BCUT2D eigenvalue weighted by Gasteiger charge is 2.05. The van der Waals surface area contributed by atoms with Gasteiger partial charge in [0, 0.05) is 15.4 Å². The highest BCUT2D eigenvalue weighted by Crippen LogP contribution is 2.33. The lowest BCUT2D eigenvalue weighted by Gasteiger charge is -2.09. The van der Waals surface area contributed by atoms with Crippen molar-refractivity contribution in [3.8, 4) is 0 Å². The summed E-state index contributed by atoms with van der Waals surface area (Å²) in [6, 6.07) is 10.9. The third-order valence-corrected chi connectivity index (χ3v) is 5.05. The van der Waals surface area contributed by atoms with Crippen LogP contribution >= 0.6 is 39.0 Å². The molecule has 2 N–H and O–H groups in total. The summed E-state index contributed by atoms with van der Waals surface area (Å²) >= 11 is 7.17. The van der Waals surface area contributed by atoms with Crippen LogP contribution in [0.3, 0.4) is 0 Å². The molecule has 90 valence electrons. The first-order valence-corrected chi connectivity index (χ1v) is 7.89. The van der Waals surface area contributed by atoms with E-state index in [1.165, 1.54) is 14.7 Å². The number of benzene rings is 1. The van der Waals surface area contributed by atoms with Crippen LogP contribution in [0.4, 0.5) is 0 Å². The maximum atomic E-state index is 5.82. The molecule has 1 nitrogen and oxygen atoms in total. The van der Waals surface area contributed by atoms with Gasteiger partial charge in [0.1, 0.15) is 0 Å². The van der Waals surface area contributed by atoms with E-state index in [0.717, 1.165) is 10.9 Å². The second kappa shape index (κ2) is 6.05. The van der Waals surface area contributed by atoms with Crippen LogP contribution in [-0.4, -0.2) is 6.04 Å². The van der Waals surface area contributed by atoms with E-state index in [1.807, 2.05) is 6.92 Å². The Kier molecular flexibility index (Phi) is 4.68. The highest BCUT2D eigenvalue weighted by molar-refractivity contribution is 9.10. The van der Waals surface area contributed by atoms with Crippen molar-refractivity contribution >= 4 is 39.0 Å². The van der Waals surface area contributed by atoms with Crippen LogP contribution in [0.25, 0.3) is 0 Å². The first-order valence-electron chi connectivity index (χ1n) is 5.40. The lowest BCUT2D eigenvalue weighted by molar-refractivity contribution is 0.735. The van der Waals surface area contributed by atoms with E-state index in [-0.39, 0.29) is 6.04 Å². The summed E-state index contributed by atoms with van der Waals surface area (Å²) in [5, 5.41) is 2.10. The minimum atomic E-state index is 0.196. The molecule has 17 heavy (non-hydrogen) atoms. The van der Waals surface area contributed by atoms with Gasteiger partial charge in [-0.25, -0.2) is 0 Å². The van der Waals surface area contributed by atoms with Gasteiger partial charge in [0.2, 0.25) is 0 Å². The Morgan fingerprint density at radius 3 is 2.82 bits per heavy atom. The first kappa shape index (κ1) is 13.1. The molecule has 1 aromatic heterocycles. The fourth-order valence-electron chi connectivity index (χ4n) is 1.54. The molecular formula is C13H14BrNS2. The van der Waals surface area contributed by atoms with Crippen molar-refractivity contribution in [2.45, 2.75) is 28.5 Å². The summed E-state index contributed by atoms with van der Waals surface area (Å²) in [7, 11) is 0. The van der Waals surface area contributed by atoms with E-state index in [4.69, 9.17) is 5.73 Å². The Morgan fingerprint density at radius 2 is 2.24 bits per heavy atom. The number of hydrogen-bond donors (Lipinski definition) is 1. The van der Waals surface area contributed by atoms with Crippen LogP contribution in [0.15, 0.2) is 49.3 Å². The quantitative estimate of drug-likeness (QED) is 0.891. The van der Waals surface area contributed by atoms with E-state index in [0.29, 0.717) is 0 Å². The van der Waals surface area contributed by atoms with Crippen LogP contribution < -0.4 is 5.73 Å². The normalized spacial score (nSPS) is 12.6. The summed E-state index contributed by atoms with van der Waals surface area (Å²) in [5.74, 6) is 0. The molecule has 0 aliphatic heterocycles. The monoisotopic (exact) mass is 327 g/mol. The molecule has 1 aromatic carbocycles. The van der Waals surface area contributed by atoms with Crippen molar-refractivity contribution in [1.82, 2.24) is 0 Å². The zero-order valence-corrected chi connectivity index (χ0v) is 12.7. The predicted octanol–water partition coefficient (Wildman–Crippen LogP) is 4.55. The van der Waals surface area contributed by atoms with Gasteiger partial charge in [0.15, 0.2) is 0 Å². The van der Waals surface area contributed by atoms with Crippen molar-refractivity contribution in [2.24, 2.45) is 5.73 Å². The van der Waals surface area contributed by atoms with E-state index in [9.17, 15) is 0 Å². The fourth-order valence-corrected chi connectivity index (χ4v) is 4.02. The largest absolute Gasteiger partial charge is 0.328 e. The molecule has 0 bridgehead atoms. The minimum absolute atomic E-state index is 0.196. The first-order chi connectivity index (χ1) is 8.15. The van der Waals surface area contributed by atoms with E-state index >= 15 is 0 Å². The van der Waals surface area contributed by atoms with Gasteiger partial charge in [-0.1, -0.05) is 39.8 Å². The third kappa shape index (κ3) is 3.85. The third-order valence-electron chi connectivity index (χ3n) is 2.28. The molecule has 1 atom stereocenters. The number of thiophene rings is 1. The summed E-state index contributed by atoms with van der Waals surface area (Å²) in [6.45, 7) is 2.03. The average molecular weight is 328 g/mol. The zero-order valence-electron chi connectivity index (χ0n) is 9.52. The molecule has 2 rings (SSSR count). The van der Waals surface area contributed by atoms with Crippen molar-refractivity contribution < 1.29 is 0 Å². The topological polar surface area (TPSA) is 26.0 Å². The summed E-state index contributed by atoms with van der Waals surface area (Å²) in [4.78, 5) is 1.26. The van der Waals surface area contributed by atoms with Crippen molar-refractivity contribution in [2.75, 3.05) is 0 Å². The van der Waals surface area contributed by atoms with Gasteiger partial charge < -0.3 is 5.73 Å². The van der Waals surface area contributed by atoms with Gasteiger partial charge in [-0.3, -0.25) is 0 Å². The molecule has 1 unspecified atom stereocenters. The molecule has 0 fully saturated rings. The van der Waals surface area contributed by atoms with Crippen molar-refractivity contribution in [3.63, 3.8) is 0 Å². The Labute approximate surface area is 119 Å². The Morgan fingerprint density at radius 1 is 1.41 bits per heavy atom. The van der Waals surface area contributed by atoms with E-state index in [2.05, 4.69) is 51.6 Å². The molecule has 2 aromatic rings. The van der Waals surface area contributed by atoms with Gasteiger partial charge in [0.05, 0.1) is 4.21 Å². The van der Waals surface area contributed by atoms with Crippen molar-refractivity contribution in [1.29, 1.82) is 0 Å². The summed E-state index contributed by atoms with van der Waals surface area (Å²) in [6.07, 6.45) is 0.907. The smallest absolute Gasteiger partial charge is 0.0646 e.